The topological polar surface area (TPSA) is 56.2 Å². The summed E-state index contributed by atoms with van der Waals surface area (Å²) in [5.74, 6) is 2.09. The summed E-state index contributed by atoms with van der Waals surface area (Å²) in [5, 5.41) is 3.05. The Kier molecular flexibility index (Phi) is 11.0. The molecule has 34 heavy (non-hydrogen) atoms. The van der Waals surface area contributed by atoms with Crippen molar-refractivity contribution in [2.24, 2.45) is 0 Å². The number of rotatable bonds is 16. The standard InChI is InChI=1S/C29H41N3O2/c1-3-4-5-6-7-13-22-32-27-15-11-10-14-26(27)31-28(32)16-9-8-12-21-30-29(33)23-24-17-19-25(34-2)20-18-24/h10-11,14-15,17-20H,3-9,12-13,16,21-23H2,1-2H3,(H,30,33). The Morgan fingerprint density at radius 1 is 0.912 bits per heavy atom. The van der Waals surface area contributed by atoms with Crippen molar-refractivity contribution in [3.05, 3.63) is 59.9 Å². The third kappa shape index (κ3) is 8.19. The Bertz CT molecular complexity index is 994. The molecule has 1 N–H and O–H groups in total. The molecule has 0 aliphatic carbocycles. The molecule has 2 aromatic carbocycles. The van der Waals surface area contributed by atoms with Gasteiger partial charge in [0.15, 0.2) is 0 Å². The number of nitrogens with one attached hydrogen (secondary N) is 1. The molecule has 1 aromatic heterocycles. The SMILES string of the molecule is CCCCCCCCn1c(CCCCCNC(=O)Cc2ccc(OC)cc2)nc2ccccc21. The predicted octanol–water partition coefficient (Wildman–Crippen LogP) is 6.48. The van der Waals surface area contributed by atoms with Crippen molar-refractivity contribution < 1.29 is 9.53 Å². The molecule has 1 heterocycles. The molecule has 3 aromatic rings. The van der Waals surface area contributed by atoms with Crippen LogP contribution in [0.15, 0.2) is 48.5 Å². The van der Waals surface area contributed by atoms with Gasteiger partial charge >= 0.3 is 0 Å². The first-order valence-corrected chi connectivity index (χ1v) is 13.0. The molecule has 5 heteroatoms. The van der Waals surface area contributed by atoms with E-state index in [1.165, 1.54) is 49.9 Å². The molecule has 0 fully saturated rings. The van der Waals surface area contributed by atoms with Crippen molar-refractivity contribution in [2.75, 3.05) is 13.7 Å². The van der Waals surface area contributed by atoms with Crippen LogP contribution in [0.3, 0.4) is 0 Å². The molecule has 0 bridgehead atoms. The van der Waals surface area contributed by atoms with E-state index in [2.05, 4.69) is 41.1 Å². The Morgan fingerprint density at radius 3 is 2.44 bits per heavy atom. The molecule has 184 valence electrons. The van der Waals surface area contributed by atoms with Gasteiger partial charge in [0.1, 0.15) is 11.6 Å². The second-order valence-corrected chi connectivity index (χ2v) is 9.12. The minimum Gasteiger partial charge on any atom is -0.497 e. The number of hydrogen-bond donors (Lipinski definition) is 1. The fourth-order valence-electron chi connectivity index (χ4n) is 4.42. The lowest BCUT2D eigenvalue weighted by atomic mass is 10.1. The summed E-state index contributed by atoms with van der Waals surface area (Å²) in [6.07, 6.45) is 12.4. The first-order chi connectivity index (χ1) is 16.7. The van der Waals surface area contributed by atoms with E-state index in [-0.39, 0.29) is 5.91 Å². The van der Waals surface area contributed by atoms with Crippen LogP contribution >= 0.6 is 0 Å². The Hall–Kier alpha value is -2.82. The van der Waals surface area contributed by atoms with Gasteiger partial charge in [-0.1, -0.05) is 69.7 Å². The molecule has 0 aliphatic rings. The highest BCUT2D eigenvalue weighted by atomic mass is 16.5. The van der Waals surface area contributed by atoms with Gasteiger partial charge in [-0.2, -0.15) is 0 Å². The monoisotopic (exact) mass is 463 g/mol. The summed E-state index contributed by atoms with van der Waals surface area (Å²) < 4.78 is 7.60. The molecule has 0 saturated carbocycles. The van der Waals surface area contributed by atoms with Crippen LogP contribution in [-0.4, -0.2) is 29.1 Å². The number of fused-ring (bicyclic) bond motifs is 1. The molecular weight excluding hydrogens is 422 g/mol. The van der Waals surface area contributed by atoms with Crippen LogP contribution in [0.2, 0.25) is 0 Å². The number of nitrogens with zero attached hydrogens (tertiary/aromatic N) is 2. The van der Waals surface area contributed by atoms with Crippen molar-refractivity contribution >= 4 is 16.9 Å². The number of para-hydroxylation sites is 2. The molecule has 0 unspecified atom stereocenters. The number of ether oxygens (including phenoxy) is 1. The highest BCUT2D eigenvalue weighted by Crippen LogP contribution is 2.19. The number of aryl methyl sites for hydroxylation is 2. The van der Waals surface area contributed by atoms with Crippen LogP contribution in [0.4, 0.5) is 0 Å². The Balaban J connectivity index is 1.38. The number of amides is 1. The minimum atomic E-state index is 0.0749. The van der Waals surface area contributed by atoms with Gasteiger partial charge in [0.25, 0.3) is 0 Å². The predicted molar refractivity (Wildman–Crippen MR) is 140 cm³/mol. The number of hydrogen-bond acceptors (Lipinski definition) is 3. The first-order valence-electron chi connectivity index (χ1n) is 13.0. The van der Waals surface area contributed by atoms with E-state index in [9.17, 15) is 4.79 Å². The summed E-state index contributed by atoms with van der Waals surface area (Å²) in [7, 11) is 1.65. The molecule has 0 atom stereocenters. The summed E-state index contributed by atoms with van der Waals surface area (Å²) in [6, 6.07) is 16.2. The van der Waals surface area contributed by atoms with Gasteiger partial charge in [-0.15, -0.1) is 0 Å². The average molecular weight is 464 g/mol. The van der Waals surface area contributed by atoms with E-state index in [1.807, 2.05) is 24.3 Å². The zero-order valence-electron chi connectivity index (χ0n) is 21.0. The van der Waals surface area contributed by atoms with Crippen molar-refractivity contribution in [2.45, 2.75) is 84.1 Å². The quantitative estimate of drug-likeness (QED) is 0.247. The van der Waals surface area contributed by atoms with Crippen LogP contribution in [-0.2, 0) is 24.2 Å². The number of unbranched alkanes of at least 4 members (excludes halogenated alkanes) is 7. The Morgan fingerprint density at radius 2 is 1.65 bits per heavy atom. The molecule has 3 rings (SSSR count). The summed E-state index contributed by atoms with van der Waals surface area (Å²) in [6.45, 7) is 4.05. The third-order valence-corrected chi connectivity index (χ3v) is 6.39. The highest BCUT2D eigenvalue weighted by Gasteiger charge is 2.10. The van der Waals surface area contributed by atoms with E-state index >= 15 is 0 Å². The van der Waals surface area contributed by atoms with Crippen molar-refractivity contribution in [1.82, 2.24) is 14.9 Å². The third-order valence-electron chi connectivity index (χ3n) is 6.39. The van der Waals surface area contributed by atoms with E-state index in [0.29, 0.717) is 6.42 Å². The van der Waals surface area contributed by atoms with E-state index in [0.717, 1.165) is 55.6 Å². The maximum atomic E-state index is 12.2. The second kappa shape index (κ2) is 14.4. The Labute approximate surface area is 204 Å². The fraction of sp³-hybridized carbons (Fsp3) is 0.517. The lowest BCUT2D eigenvalue weighted by Gasteiger charge is -2.10. The van der Waals surface area contributed by atoms with E-state index < -0.39 is 0 Å². The van der Waals surface area contributed by atoms with Crippen LogP contribution in [0.5, 0.6) is 5.75 Å². The van der Waals surface area contributed by atoms with Crippen LogP contribution in [0.1, 0.15) is 76.1 Å². The van der Waals surface area contributed by atoms with Gasteiger partial charge in [0, 0.05) is 19.5 Å². The van der Waals surface area contributed by atoms with E-state index in [1.54, 1.807) is 7.11 Å². The van der Waals surface area contributed by atoms with Gasteiger partial charge in [-0.05, 0) is 49.1 Å². The van der Waals surface area contributed by atoms with Crippen molar-refractivity contribution in [1.29, 1.82) is 0 Å². The van der Waals surface area contributed by atoms with Crippen molar-refractivity contribution in [3.63, 3.8) is 0 Å². The number of aromatic nitrogens is 2. The number of benzene rings is 2. The zero-order valence-corrected chi connectivity index (χ0v) is 21.0. The minimum absolute atomic E-state index is 0.0749. The van der Waals surface area contributed by atoms with Gasteiger partial charge in [-0.3, -0.25) is 4.79 Å². The lowest BCUT2D eigenvalue weighted by Crippen LogP contribution is -2.26. The molecule has 1 amide bonds. The number of methoxy groups -OCH3 is 1. The summed E-state index contributed by atoms with van der Waals surface area (Å²) in [4.78, 5) is 17.1. The van der Waals surface area contributed by atoms with Crippen molar-refractivity contribution in [3.8, 4) is 5.75 Å². The molecule has 0 aliphatic heterocycles. The summed E-state index contributed by atoms with van der Waals surface area (Å²) >= 11 is 0. The van der Waals surface area contributed by atoms with Crippen LogP contribution in [0, 0.1) is 0 Å². The van der Waals surface area contributed by atoms with Gasteiger partial charge in [0.05, 0.1) is 24.6 Å². The van der Waals surface area contributed by atoms with Gasteiger partial charge in [0.2, 0.25) is 5.91 Å². The molecule has 0 radical (unpaired) electrons. The lowest BCUT2D eigenvalue weighted by molar-refractivity contribution is -0.120. The fourth-order valence-corrected chi connectivity index (χ4v) is 4.42. The molecule has 0 saturated heterocycles. The first kappa shape index (κ1) is 25.8. The summed E-state index contributed by atoms with van der Waals surface area (Å²) in [5.41, 5.74) is 3.37. The number of carbonyl (C=O) groups is 1. The smallest absolute Gasteiger partial charge is 0.224 e. The van der Waals surface area contributed by atoms with Crippen LogP contribution in [0.25, 0.3) is 11.0 Å². The van der Waals surface area contributed by atoms with Gasteiger partial charge < -0.3 is 14.6 Å². The molecule has 5 nitrogen and oxygen atoms in total. The number of carbonyl (C=O) groups excluding carboxylic acids is 1. The highest BCUT2D eigenvalue weighted by molar-refractivity contribution is 5.78. The maximum Gasteiger partial charge on any atom is 0.224 e. The normalized spacial score (nSPS) is 11.1. The largest absolute Gasteiger partial charge is 0.497 e. The maximum absolute atomic E-state index is 12.2. The molecular formula is C29H41N3O2. The number of imidazole rings is 1. The van der Waals surface area contributed by atoms with Crippen LogP contribution < -0.4 is 10.1 Å². The second-order valence-electron chi connectivity index (χ2n) is 9.12. The zero-order chi connectivity index (χ0) is 24.0. The van der Waals surface area contributed by atoms with Gasteiger partial charge in [-0.25, -0.2) is 4.98 Å². The van der Waals surface area contributed by atoms with E-state index in [4.69, 9.17) is 9.72 Å². The molecule has 0 spiro atoms. The average Bonchev–Trinajstić information content (AvgIpc) is 3.21.